The second-order valence-electron chi connectivity index (χ2n) is 4.71. The molecular formula is C9H22O2Si. The summed E-state index contributed by atoms with van der Waals surface area (Å²) in [5.74, 6) is 0.547. The molecule has 0 aromatic heterocycles. The van der Waals surface area contributed by atoms with E-state index in [-0.39, 0.29) is 6.10 Å². The van der Waals surface area contributed by atoms with Gasteiger partial charge in [-0.2, -0.15) is 0 Å². The summed E-state index contributed by atoms with van der Waals surface area (Å²) in [6.07, 6.45) is 0.557. The zero-order chi connectivity index (χ0) is 9.78. The van der Waals surface area contributed by atoms with Gasteiger partial charge in [-0.1, -0.05) is 13.8 Å². The zero-order valence-electron chi connectivity index (χ0n) is 8.92. The third-order valence-corrected chi connectivity index (χ3v) is 2.48. The maximum Gasteiger partial charge on any atom is 0.183 e. The average Bonchev–Trinajstić information content (AvgIpc) is 1.80. The van der Waals surface area contributed by atoms with Crippen molar-refractivity contribution < 1.29 is 9.53 Å². The van der Waals surface area contributed by atoms with E-state index >= 15 is 0 Å². The number of hydrogen-bond acceptors (Lipinski definition) is 2. The first kappa shape index (κ1) is 12.1. The van der Waals surface area contributed by atoms with Gasteiger partial charge in [-0.25, -0.2) is 0 Å². The molecule has 1 unspecified atom stereocenters. The minimum absolute atomic E-state index is 0.281. The molecule has 0 saturated carbocycles. The third kappa shape index (κ3) is 8.24. The van der Waals surface area contributed by atoms with Crippen LogP contribution in [0.1, 0.15) is 20.3 Å². The van der Waals surface area contributed by atoms with Crippen molar-refractivity contribution in [2.24, 2.45) is 5.92 Å². The fraction of sp³-hybridized carbons (Fsp3) is 1.00. The molecule has 0 aromatic rings. The largest absolute Gasteiger partial charge is 0.415 e. The Morgan fingerprint density at radius 3 is 2.08 bits per heavy atom. The molecular weight excluding hydrogens is 168 g/mol. The quantitative estimate of drug-likeness (QED) is 0.674. The van der Waals surface area contributed by atoms with Crippen molar-refractivity contribution in [1.29, 1.82) is 0 Å². The first-order chi connectivity index (χ1) is 5.31. The molecule has 0 amide bonds. The standard InChI is InChI=1S/C9H22O2Si/c1-8(2)6-9(10)7-11-12(3,4)5/h8-10H,6-7H2,1-5H3. The molecule has 0 bridgehead atoms. The highest BCUT2D eigenvalue weighted by Gasteiger charge is 2.16. The second-order valence-corrected chi connectivity index (χ2v) is 9.22. The predicted molar refractivity (Wildman–Crippen MR) is 54.8 cm³/mol. The molecule has 0 saturated heterocycles. The van der Waals surface area contributed by atoms with Crippen LogP contribution < -0.4 is 0 Å². The van der Waals surface area contributed by atoms with Gasteiger partial charge in [0.1, 0.15) is 0 Å². The van der Waals surface area contributed by atoms with Gasteiger partial charge in [0, 0.05) is 0 Å². The van der Waals surface area contributed by atoms with Gasteiger partial charge in [0.15, 0.2) is 8.32 Å². The summed E-state index contributed by atoms with van der Waals surface area (Å²) in [7, 11) is -1.43. The van der Waals surface area contributed by atoms with Gasteiger partial charge < -0.3 is 9.53 Å². The Bertz CT molecular complexity index is 118. The fourth-order valence-corrected chi connectivity index (χ4v) is 1.65. The average molecular weight is 190 g/mol. The minimum atomic E-state index is -1.43. The third-order valence-electron chi connectivity index (χ3n) is 1.45. The topological polar surface area (TPSA) is 29.5 Å². The Hall–Kier alpha value is 0.137. The molecule has 0 heterocycles. The van der Waals surface area contributed by atoms with Crippen LogP contribution in [0.3, 0.4) is 0 Å². The number of aliphatic hydroxyl groups is 1. The lowest BCUT2D eigenvalue weighted by Crippen LogP contribution is -2.30. The molecule has 0 rings (SSSR count). The van der Waals surface area contributed by atoms with Crippen molar-refractivity contribution in [3.05, 3.63) is 0 Å². The summed E-state index contributed by atoms with van der Waals surface area (Å²) in [5, 5.41) is 9.48. The molecule has 0 aliphatic rings. The Morgan fingerprint density at radius 2 is 1.75 bits per heavy atom. The van der Waals surface area contributed by atoms with Gasteiger partial charge in [-0.05, 0) is 32.0 Å². The summed E-state index contributed by atoms with van der Waals surface area (Å²) in [6, 6.07) is 0. The van der Waals surface area contributed by atoms with E-state index in [4.69, 9.17) is 4.43 Å². The maximum absolute atomic E-state index is 9.48. The molecule has 0 radical (unpaired) electrons. The van der Waals surface area contributed by atoms with Crippen molar-refractivity contribution in [2.45, 2.75) is 46.0 Å². The summed E-state index contributed by atoms with van der Waals surface area (Å²) in [4.78, 5) is 0. The van der Waals surface area contributed by atoms with E-state index in [0.29, 0.717) is 12.5 Å². The number of rotatable bonds is 5. The van der Waals surface area contributed by atoms with Crippen molar-refractivity contribution in [3.8, 4) is 0 Å². The van der Waals surface area contributed by atoms with Crippen LogP contribution >= 0.6 is 0 Å². The van der Waals surface area contributed by atoms with Crippen molar-refractivity contribution in [3.63, 3.8) is 0 Å². The molecule has 74 valence electrons. The van der Waals surface area contributed by atoms with Crippen LogP contribution in [0.25, 0.3) is 0 Å². The zero-order valence-corrected chi connectivity index (χ0v) is 9.92. The molecule has 2 nitrogen and oxygen atoms in total. The van der Waals surface area contributed by atoms with E-state index in [1.807, 2.05) is 0 Å². The van der Waals surface area contributed by atoms with Crippen LogP contribution in [0.2, 0.25) is 19.6 Å². The van der Waals surface area contributed by atoms with Gasteiger partial charge in [0.05, 0.1) is 12.7 Å². The highest BCUT2D eigenvalue weighted by Crippen LogP contribution is 2.08. The summed E-state index contributed by atoms with van der Waals surface area (Å²) >= 11 is 0. The monoisotopic (exact) mass is 190 g/mol. The molecule has 0 aliphatic carbocycles. The molecule has 0 fully saturated rings. The molecule has 1 atom stereocenters. The number of aliphatic hydroxyl groups excluding tert-OH is 1. The van der Waals surface area contributed by atoms with E-state index in [1.54, 1.807) is 0 Å². The summed E-state index contributed by atoms with van der Waals surface area (Å²) < 4.78 is 5.58. The smallest absolute Gasteiger partial charge is 0.183 e. The van der Waals surface area contributed by atoms with Gasteiger partial charge in [-0.3, -0.25) is 0 Å². The Balaban J connectivity index is 3.51. The van der Waals surface area contributed by atoms with Crippen molar-refractivity contribution >= 4 is 8.32 Å². The highest BCUT2D eigenvalue weighted by atomic mass is 28.4. The van der Waals surface area contributed by atoms with Crippen LogP contribution in [0.5, 0.6) is 0 Å². The fourth-order valence-electron chi connectivity index (χ4n) is 0.958. The Morgan fingerprint density at radius 1 is 1.25 bits per heavy atom. The van der Waals surface area contributed by atoms with E-state index < -0.39 is 8.32 Å². The SMILES string of the molecule is CC(C)CC(O)CO[Si](C)(C)C. The van der Waals surface area contributed by atoms with Crippen molar-refractivity contribution in [1.82, 2.24) is 0 Å². The van der Waals surface area contributed by atoms with Crippen LogP contribution in [-0.2, 0) is 4.43 Å². The van der Waals surface area contributed by atoms with Crippen LogP contribution in [0.4, 0.5) is 0 Å². The van der Waals surface area contributed by atoms with Gasteiger partial charge >= 0.3 is 0 Å². The van der Waals surface area contributed by atoms with E-state index in [0.717, 1.165) is 6.42 Å². The minimum Gasteiger partial charge on any atom is -0.415 e. The summed E-state index contributed by atoms with van der Waals surface area (Å²) in [5.41, 5.74) is 0. The van der Waals surface area contributed by atoms with E-state index in [1.165, 1.54) is 0 Å². The molecule has 0 aromatic carbocycles. The summed E-state index contributed by atoms with van der Waals surface area (Å²) in [6.45, 7) is 11.1. The molecule has 3 heteroatoms. The first-order valence-electron chi connectivity index (χ1n) is 4.63. The Kier molecular flexibility index (Phi) is 5.05. The van der Waals surface area contributed by atoms with Gasteiger partial charge in [-0.15, -0.1) is 0 Å². The number of hydrogen-bond donors (Lipinski definition) is 1. The van der Waals surface area contributed by atoms with E-state index in [9.17, 15) is 5.11 Å². The molecule has 0 spiro atoms. The normalized spacial score (nSPS) is 15.2. The van der Waals surface area contributed by atoms with Crippen LogP contribution in [0, 0.1) is 5.92 Å². The molecule has 0 aliphatic heterocycles. The lowest BCUT2D eigenvalue weighted by atomic mass is 10.1. The lowest BCUT2D eigenvalue weighted by Gasteiger charge is -2.20. The maximum atomic E-state index is 9.48. The molecule has 12 heavy (non-hydrogen) atoms. The predicted octanol–water partition coefficient (Wildman–Crippen LogP) is 2.24. The van der Waals surface area contributed by atoms with E-state index in [2.05, 4.69) is 33.5 Å². The van der Waals surface area contributed by atoms with Crippen LogP contribution in [0.15, 0.2) is 0 Å². The molecule has 1 N–H and O–H groups in total. The van der Waals surface area contributed by atoms with Gasteiger partial charge in [0.2, 0.25) is 0 Å². The van der Waals surface area contributed by atoms with Crippen LogP contribution in [-0.4, -0.2) is 26.1 Å². The lowest BCUT2D eigenvalue weighted by molar-refractivity contribution is 0.0861. The Labute approximate surface area is 77.1 Å². The van der Waals surface area contributed by atoms with Gasteiger partial charge in [0.25, 0.3) is 0 Å². The second kappa shape index (κ2) is 4.99. The van der Waals surface area contributed by atoms with Crippen molar-refractivity contribution in [2.75, 3.05) is 6.61 Å². The first-order valence-corrected chi connectivity index (χ1v) is 8.04. The highest BCUT2D eigenvalue weighted by molar-refractivity contribution is 6.69.